The van der Waals surface area contributed by atoms with Gasteiger partial charge in [0.15, 0.2) is 0 Å². The maximum atomic E-state index is 2.33. The highest BCUT2D eigenvalue weighted by atomic mass is 79.9. The molecule has 0 atom stereocenters. The van der Waals surface area contributed by atoms with Crippen LogP contribution in [0.15, 0.2) is 0 Å². The van der Waals surface area contributed by atoms with E-state index < -0.39 is 0 Å². The van der Waals surface area contributed by atoms with Gasteiger partial charge < -0.3 is 21.5 Å². The first-order valence-corrected chi connectivity index (χ1v) is 7.09. The van der Waals surface area contributed by atoms with Crippen molar-refractivity contribution < 1.29 is 21.5 Å². The van der Waals surface area contributed by atoms with E-state index in [1.54, 1.807) is 0 Å². The summed E-state index contributed by atoms with van der Waals surface area (Å²) in [5, 5.41) is 0. The van der Waals surface area contributed by atoms with Crippen molar-refractivity contribution in [1.29, 1.82) is 0 Å². The van der Waals surface area contributed by atoms with Crippen LogP contribution < -0.4 is 17.0 Å². The molecule has 0 aliphatic heterocycles. The second-order valence-electron chi connectivity index (χ2n) is 4.94. The SMILES string of the molecule is CCCCC[N+](CCC)(CCC)CCC.[Br-]. The number of quaternary nitrogens is 1. The third kappa shape index (κ3) is 7.67. The van der Waals surface area contributed by atoms with Gasteiger partial charge in [0.05, 0.1) is 26.2 Å². The lowest BCUT2D eigenvalue weighted by Crippen LogP contribution is -3.00. The minimum atomic E-state index is 0. The molecule has 0 radical (unpaired) electrons. The van der Waals surface area contributed by atoms with Crippen LogP contribution in [-0.4, -0.2) is 30.7 Å². The first-order chi connectivity index (χ1) is 7.24. The van der Waals surface area contributed by atoms with Crippen LogP contribution in [0.2, 0.25) is 0 Å². The fraction of sp³-hybridized carbons (Fsp3) is 1.00. The largest absolute Gasteiger partial charge is 1.00 e. The molecule has 0 fully saturated rings. The Balaban J connectivity index is 0. The summed E-state index contributed by atoms with van der Waals surface area (Å²) in [5.41, 5.74) is 0. The van der Waals surface area contributed by atoms with Crippen molar-refractivity contribution in [2.45, 2.75) is 66.2 Å². The molecule has 100 valence electrons. The lowest BCUT2D eigenvalue weighted by molar-refractivity contribution is -0.928. The maximum Gasteiger partial charge on any atom is 0.0786 e. The average Bonchev–Trinajstić information content (AvgIpc) is 2.19. The van der Waals surface area contributed by atoms with Crippen LogP contribution in [0, 0.1) is 0 Å². The molecule has 0 N–H and O–H groups in total. The van der Waals surface area contributed by atoms with Gasteiger partial charge in [0, 0.05) is 0 Å². The van der Waals surface area contributed by atoms with Gasteiger partial charge in [0.2, 0.25) is 0 Å². The van der Waals surface area contributed by atoms with Gasteiger partial charge in [-0.25, -0.2) is 0 Å². The van der Waals surface area contributed by atoms with E-state index in [9.17, 15) is 0 Å². The minimum absolute atomic E-state index is 0. The maximum absolute atomic E-state index is 2.33. The highest BCUT2D eigenvalue weighted by Gasteiger charge is 2.23. The molecule has 1 nitrogen and oxygen atoms in total. The fourth-order valence-electron chi connectivity index (χ4n) is 2.79. The van der Waals surface area contributed by atoms with Gasteiger partial charge >= 0.3 is 0 Å². The van der Waals surface area contributed by atoms with Crippen molar-refractivity contribution in [3.05, 3.63) is 0 Å². The second kappa shape index (κ2) is 11.9. The summed E-state index contributed by atoms with van der Waals surface area (Å²) in [7, 11) is 0. The molecular weight excluding hydrogens is 262 g/mol. The Hall–Kier alpha value is 0.440. The van der Waals surface area contributed by atoms with E-state index in [0.29, 0.717) is 0 Å². The molecule has 0 rings (SSSR count). The van der Waals surface area contributed by atoms with E-state index in [2.05, 4.69) is 27.7 Å². The molecule has 0 spiro atoms. The molecule has 0 heterocycles. The normalized spacial score (nSPS) is 11.2. The molecule has 0 aromatic heterocycles. The Labute approximate surface area is 114 Å². The molecular formula is C14H32BrN. The second-order valence-corrected chi connectivity index (χ2v) is 4.94. The molecule has 0 bridgehead atoms. The number of halogens is 1. The van der Waals surface area contributed by atoms with E-state index in [-0.39, 0.29) is 17.0 Å². The van der Waals surface area contributed by atoms with Gasteiger partial charge in [-0.2, -0.15) is 0 Å². The van der Waals surface area contributed by atoms with Crippen LogP contribution in [0.3, 0.4) is 0 Å². The van der Waals surface area contributed by atoms with Crippen molar-refractivity contribution >= 4 is 0 Å². The molecule has 0 aromatic rings. The zero-order valence-electron chi connectivity index (χ0n) is 11.9. The standard InChI is InChI=1S/C14H32N.BrH/c1-5-9-10-14-15(11-6-2,12-7-3)13-8-4;/h5-14H2,1-4H3;1H/q+1;/p-1. The topological polar surface area (TPSA) is 0 Å². The van der Waals surface area contributed by atoms with Gasteiger partial charge in [-0.05, 0) is 32.1 Å². The van der Waals surface area contributed by atoms with Gasteiger partial charge in [0.25, 0.3) is 0 Å². The summed E-state index contributed by atoms with van der Waals surface area (Å²) in [6, 6.07) is 0. The minimum Gasteiger partial charge on any atom is -1.00 e. The van der Waals surface area contributed by atoms with Crippen LogP contribution in [0.25, 0.3) is 0 Å². The Morgan fingerprint density at radius 3 is 1.31 bits per heavy atom. The van der Waals surface area contributed by atoms with Crippen LogP contribution >= 0.6 is 0 Å². The molecule has 0 saturated carbocycles. The van der Waals surface area contributed by atoms with Gasteiger partial charge in [0.1, 0.15) is 0 Å². The zero-order valence-corrected chi connectivity index (χ0v) is 13.5. The van der Waals surface area contributed by atoms with Gasteiger partial charge in [-0.1, -0.05) is 34.1 Å². The zero-order chi connectivity index (χ0) is 11.6. The highest BCUT2D eigenvalue weighted by Crippen LogP contribution is 2.14. The van der Waals surface area contributed by atoms with Crippen LogP contribution in [-0.2, 0) is 0 Å². The van der Waals surface area contributed by atoms with Crippen molar-refractivity contribution in [1.82, 2.24) is 0 Å². The average molecular weight is 294 g/mol. The van der Waals surface area contributed by atoms with E-state index in [4.69, 9.17) is 0 Å². The number of hydrogen-bond acceptors (Lipinski definition) is 0. The number of nitrogens with zero attached hydrogens (tertiary/aromatic N) is 1. The molecule has 16 heavy (non-hydrogen) atoms. The Morgan fingerprint density at radius 2 is 1.00 bits per heavy atom. The van der Waals surface area contributed by atoms with Crippen LogP contribution in [0.4, 0.5) is 0 Å². The molecule has 2 heteroatoms. The van der Waals surface area contributed by atoms with Crippen molar-refractivity contribution in [2.75, 3.05) is 26.2 Å². The lowest BCUT2D eigenvalue weighted by atomic mass is 10.1. The van der Waals surface area contributed by atoms with E-state index in [0.717, 1.165) is 0 Å². The number of unbranched alkanes of at least 4 members (excludes halogenated alkanes) is 2. The monoisotopic (exact) mass is 293 g/mol. The predicted molar refractivity (Wildman–Crippen MR) is 70.1 cm³/mol. The number of rotatable bonds is 10. The molecule has 0 unspecified atom stereocenters. The Kier molecular flexibility index (Phi) is 14.0. The number of hydrogen-bond donors (Lipinski definition) is 0. The van der Waals surface area contributed by atoms with Crippen molar-refractivity contribution in [2.24, 2.45) is 0 Å². The van der Waals surface area contributed by atoms with E-state index in [1.807, 2.05) is 0 Å². The van der Waals surface area contributed by atoms with Crippen molar-refractivity contribution in [3.8, 4) is 0 Å². The van der Waals surface area contributed by atoms with Crippen LogP contribution in [0.5, 0.6) is 0 Å². The third-order valence-electron chi connectivity index (χ3n) is 3.33. The predicted octanol–water partition coefficient (Wildman–Crippen LogP) is 1.23. The van der Waals surface area contributed by atoms with Crippen LogP contribution in [0.1, 0.15) is 66.2 Å². The fourth-order valence-corrected chi connectivity index (χ4v) is 2.79. The third-order valence-corrected chi connectivity index (χ3v) is 3.33. The van der Waals surface area contributed by atoms with Gasteiger partial charge in [-0.3, -0.25) is 0 Å². The van der Waals surface area contributed by atoms with E-state index in [1.165, 1.54) is 69.2 Å². The Bertz CT molecular complexity index is 120. The molecule has 0 aliphatic rings. The Morgan fingerprint density at radius 1 is 0.562 bits per heavy atom. The summed E-state index contributed by atoms with van der Waals surface area (Å²) < 4.78 is 1.39. The molecule has 0 aliphatic carbocycles. The molecule has 0 saturated heterocycles. The summed E-state index contributed by atoms with van der Waals surface area (Å²) >= 11 is 0. The van der Waals surface area contributed by atoms with Gasteiger partial charge in [-0.15, -0.1) is 0 Å². The first kappa shape index (κ1) is 18.8. The lowest BCUT2D eigenvalue weighted by Gasteiger charge is -2.38. The summed E-state index contributed by atoms with van der Waals surface area (Å²) in [4.78, 5) is 0. The summed E-state index contributed by atoms with van der Waals surface area (Å²) in [6.45, 7) is 14.9. The molecule has 0 aromatic carbocycles. The summed E-state index contributed by atoms with van der Waals surface area (Å²) in [5.74, 6) is 0. The first-order valence-electron chi connectivity index (χ1n) is 7.09. The van der Waals surface area contributed by atoms with E-state index >= 15 is 0 Å². The highest BCUT2D eigenvalue weighted by molar-refractivity contribution is 4.46. The quantitative estimate of drug-likeness (QED) is 0.420. The smallest absolute Gasteiger partial charge is 0.0786 e. The summed E-state index contributed by atoms with van der Waals surface area (Å²) in [6.07, 6.45) is 8.21. The molecule has 0 amide bonds. The van der Waals surface area contributed by atoms with Crippen molar-refractivity contribution in [3.63, 3.8) is 0 Å².